The van der Waals surface area contributed by atoms with Crippen LogP contribution in [0.2, 0.25) is 0 Å². The molecular weight excluding hydrogens is 496 g/mol. The molecule has 11 nitrogen and oxygen atoms in total. The Morgan fingerprint density at radius 3 is 2.28 bits per heavy atom. The van der Waals surface area contributed by atoms with Crippen molar-refractivity contribution in [3.8, 4) is 5.69 Å². The molecule has 0 spiro atoms. The molecule has 11 heteroatoms. The number of carbonyl (C=O) groups excluding carboxylic acids is 2. The first kappa shape index (κ1) is 27.3. The van der Waals surface area contributed by atoms with Gasteiger partial charge in [-0.05, 0) is 81.7 Å². The minimum absolute atomic E-state index is 0.138. The Balaban J connectivity index is 1.17. The number of amides is 3. The van der Waals surface area contributed by atoms with E-state index >= 15 is 0 Å². The highest BCUT2D eigenvalue weighted by Crippen LogP contribution is 2.27. The van der Waals surface area contributed by atoms with E-state index in [0.717, 1.165) is 44.2 Å². The molecule has 5 rings (SSSR count). The van der Waals surface area contributed by atoms with E-state index in [0.29, 0.717) is 44.3 Å². The fraction of sp³-hybridized carbons (Fsp3) is 0.571. The standard InChI is InChI=1S/C28H40N8O3/c1-28(2,30)25(37)34-11-13-35(14-12-34)26(38)32-24-9-10-36(27(39)33-24)23-8-3-18-15-22(16-19(18)17-23)31-21-6-4-20(29)5-7-21/h3,8-10,17,20-22,31H,4-7,11-16,29-30H2,1-2H3,(H,32,33,38,39). The Morgan fingerprint density at radius 1 is 0.949 bits per heavy atom. The Labute approximate surface area is 228 Å². The molecule has 6 N–H and O–H groups in total. The number of rotatable bonds is 5. The summed E-state index contributed by atoms with van der Waals surface area (Å²) >= 11 is 0. The van der Waals surface area contributed by atoms with Crippen LogP contribution in [-0.4, -0.2) is 81.1 Å². The SMILES string of the molecule is CC(C)(N)C(=O)N1CCN(C(=O)Nc2ccn(-c3ccc4c(c3)CC(NC3CCC(N)CC3)C4)c(=O)n2)CC1. The zero-order chi connectivity index (χ0) is 27.7. The minimum atomic E-state index is -0.945. The van der Waals surface area contributed by atoms with Crippen molar-refractivity contribution in [2.24, 2.45) is 11.5 Å². The average Bonchev–Trinajstić information content (AvgIpc) is 3.30. The Morgan fingerprint density at radius 2 is 1.62 bits per heavy atom. The molecule has 1 saturated carbocycles. The van der Waals surface area contributed by atoms with Gasteiger partial charge in [0.2, 0.25) is 5.91 Å². The minimum Gasteiger partial charge on any atom is -0.338 e. The van der Waals surface area contributed by atoms with Gasteiger partial charge in [0, 0.05) is 50.5 Å². The summed E-state index contributed by atoms with van der Waals surface area (Å²) in [5.74, 6) is 0.0565. The van der Waals surface area contributed by atoms with Crippen LogP contribution in [0.15, 0.2) is 35.3 Å². The molecule has 1 aliphatic heterocycles. The fourth-order valence-corrected chi connectivity index (χ4v) is 5.87. The van der Waals surface area contributed by atoms with Crippen LogP contribution >= 0.6 is 0 Å². The summed E-state index contributed by atoms with van der Waals surface area (Å²) < 4.78 is 1.50. The summed E-state index contributed by atoms with van der Waals surface area (Å²) in [6, 6.07) is 8.67. The predicted octanol–water partition coefficient (Wildman–Crippen LogP) is 0.973. The molecule has 2 heterocycles. The number of nitrogens with zero attached hydrogens (tertiary/aromatic N) is 4. The highest BCUT2D eigenvalue weighted by Gasteiger charge is 2.31. The second-order valence-corrected chi connectivity index (χ2v) is 11.7. The lowest BCUT2D eigenvalue weighted by Crippen LogP contribution is -2.58. The van der Waals surface area contributed by atoms with Gasteiger partial charge in [0.1, 0.15) is 5.82 Å². The van der Waals surface area contributed by atoms with Crippen molar-refractivity contribution in [2.45, 2.75) is 76.0 Å². The van der Waals surface area contributed by atoms with Crippen molar-refractivity contribution in [2.75, 3.05) is 31.5 Å². The lowest BCUT2D eigenvalue weighted by atomic mass is 9.91. The van der Waals surface area contributed by atoms with Crippen LogP contribution in [0.1, 0.15) is 50.7 Å². The van der Waals surface area contributed by atoms with Crippen molar-refractivity contribution in [1.82, 2.24) is 24.7 Å². The highest BCUT2D eigenvalue weighted by atomic mass is 16.2. The van der Waals surface area contributed by atoms with Crippen molar-refractivity contribution in [3.05, 3.63) is 52.1 Å². The molecule has 1 aromatic carbocycles. The lowest BCUT2D eigenvalue weighted by molar-refractivity contribution is -0.137. The first-order chi connectivity index (χ1) is 18.6. The molecular formula is C28H40N8O3. The maximum absolute atomic E-state index is 12.9. The summed E-state index contributed by atoms with van der Waals surface area (Å²) in [4.78, 5) is 45.4. The van der Waals surface area contributed by atoms with E-state index in [1.165, 1.54) is 15.7 Å². The van der Waals surface area contributed by atoms with E-state index < -0.39 is 11.2 Å². The van der Waals surface area contributed by atoms with E-state index in [1.54, 1.807) is 35.9 Å². The van der Waals surface area contributed by atoms with Gasteiger partial charge in [-0.3, -0.25) is 14.7 Å². The molecule has 3 aliphatic rings. The van der Waals surface area contributed by atoms with Gasteiger partial charge in [-0.2, -0.15) is 4.98 Å². The number of urea groups is 1. The first-order valence-electron chi connectivity index (χ1n) is 13.9. The molecule has 39 heavy (non-hydrogen) atoms. The third-order valence-corrected chi connectivity index (χ3v) is 8.09. The van der Waals surface area contributed by atoms with Gasteiger partial charge in [-0.1, -0.05) is 6.07 Å². The zero-order valence-electron chi connectivity index (χ0n) is 22.9. The maximum atomic E-state index is 12.9. The number of nitrogens with one attached hydrogen (secondary N) is 2. The number of hydrogen-bond donors (Lipinski definition) is 4. The van der Waals surface area contributed by atoms with E-state index in [9.17, 15) is 14.4 Å². The number of nitrogens with two attached hydrogens (primary N) is 2. The lowest BCUT2D eigenvalue weighted by Gasteiger charge is -2.37. The van der Waals surface area contributed by atoms with Crippen LogP contribution in [0.25, 0.3) is 5.69 Å². The van der Waals surface area contributed by atoms with Crippen LogP contribution < -0.4 is 27.8 Å². The van der Waals surface area contributed by atoms with Gasteiger partial charge in [0.15, 0.2) is 0 Å². The summed E-state index contributed by atoms with van der Waals surface area (Å²) in [7, 11) is 0. The van der Waals surface area contributed by atoms with Crippen LogP contribution in [0.4, 0.5) is 10.6 Å². The second-order valence-electron chi connectivity index (χ2n) is 11.7. The van der Waals surface area contributed by atoms with E-state index in [4.69, 9.17) is 11.5 Å². The number of carbonyl (C=O) groups is 2. The van der Waals surface area contributed by atoms with Crippen LogP contribution in [-0.2, 0) is 17.6 Å². The van der Waals surface area contributed by atoms with Crippen LogP contribution in [0.3, 0.4) is 0 Å². The van der Waals surface area contributed by atoms with Gasteiger partial charge >= 0.3 is 11.7 Å². The second kappa shape index (κ2) is 11.1. The van der Waals surface area contributed by atoms with Crippen molar-refractivity contribution in [3.63, 3.8) is 0 Å². The first-order valence-corrected chi connectivity index (χ1v) is 13.9. The maximum Gasteiger partial charge on any atom is 0.354 e. The van der Waals surface area contributed by atoms with E-state index in [-0.39, 0.29) is 17.8 Å². The number of anilines is 1. The molecule has 2 fully saturated rings. The van der Waals surface area contributed by atoms with Gasteiger partial charge in [-0.15, -0.1) is 0 Å². The molecule has 2 aliphatic carbocycles. The molecule has 210 valence electrons. The van der Waals surface area contributed by atoms with Gasteiger partial charge < -0.3 is 26.6 Å². The van der Waals surface area contributed by atoms with Crippen molar-refractivity contribution >= 4 is 17.8 Å². The average molecular weight is 537 g/mol. The molecule has 2 aromatic rings. The molecule has 1 unspecified atom stereocenters. The number of hydrogen-bond acceptors (Lipinski definition) is 7. The highest BCUT2D eigenvalue weighted by molar-refractivity contribution is 5.89. The predicted molar refractivity (Wildman–Crippen MR) is 150 cm³/mol. The van der Waals surface area contributed by atoms with Crippen LogP contribution in [0.5, 0.6) is 0 Å². The molecule has 1 atom stereocenters. The van der Waals surface area contributed by atoms with E-state index in [2.05, 4.69) is 27.8 Å². The molecule has 0 radical (unpaired) electrons. The van der Waals surface area contributed by atoms with Crippen molar-refractivity contribution < 1.29 is 9.59 Å². The summed E-state index contributed by atoms with van der Waals surface area (Å²) in [6.45, 7) is 4.92. The number of aromatic nitrogens is 2. The number of piperazine rings is 1. The quantitative estimate of drug-likeness (QED) is 0.444. The summed E-state index contributed by atoms with van der Waals surface area (Å²) in [5.41, 5.74) is 13.9. The van der Waals surface area contributed by atoms with Crippen LogP contribution in [0, 0.1) is 0 Å². The summed E-state index contributed by atoms with van der Waals surface area (Å²) in [6.07, 6.45) is 7.99. The van der Waals surface area contributed by atoms with Gasteiger partial charge in [-0.25, -0.2) is 9.59 Å². The third-order valence-electron chi connectivity index (χ3n) is 8.09. The smallest absolute Gasteiger partial charge is 0.338 e. The molecule has 0 bridgehead atoms. The van der Waals surface area contributed by atoms with Gasteiger partial charge in [0.05, 0.1) is 11.2 Å². The molecule has 1 aromatic heterocycles. The normalized spacial score (nSPS) is 23.4. The summed E-state index contributed by atoms with van der Waals surface area (Å²) in [5, 5.41) is 6.53. The van der Waals surface area contributed by atoms with Gasteiger partial charge in [0.25, 0.3) is 0 Å². The largest absolute Gasteiger partial charge is 0.354 e. The van der Waals surface area contributed by atoms with Crippen molar-refractivity contribution in [1.29, 1.82) is 0 Å². The monoisotopic (exact) mass is 536 g/mol. The van der Waals surface area contributed by atoms with E-state index in [1.807, 2.05) is 6.07 Å². The Bertz CT molecular complexity index is 1270. The topological polar surface area (TPSA) is 152 Å². The molecule has 1 saturated heterocycles. The Kier molecular flexibility index (Phi) is 7.75. The third kappa shape index (κ3) is 6.32. The number of fused-ring (bicyclic) bond motifs is 1. The molecule has 3 amide bonds. The Hall–Kier alpha value is -3.28. The fourth-order valence-electron chi connectivity index (χ4n) is 5.87. The zero-order valence-corrected chi connectivity index (χ0v) is 22.9. The number of benzene rings is 1.